The van der Waals surface area contributed by atoms with E-state index in [1.54, 1.807) is 17.9 Å². The zero-order valence-corrected chi connectivity index (χ0v) is 15.4. The Morgan fingerprint density at radius 2 is 1.85 bits per heavy atom. The number of carbonyl (C=O) groups is 2. The Bertz CT molecular complexity index is 813. The molecule has 1 atom stereocenters. The van der Waals surface area contributed by atoms with E-state index in [1.165, 1.54) is 0 Å². The molecule has 1 aliphatic rings. The van der Waals surface area contributed by atoms with Gasteiger partial charge in [0.1, 0.15) is 0 Å². The Hall–Kier alpha value is -2.47. The molecule has 6 nitrogen and oxygen atoms in total. The molecule has 26 heavy (non-hydrogen) atoms. The topological polar surface area (TPSA) is 68.7 Å². The van der Waals surface area contributed by atoms with Gasteiger partial charge < -0.3 is 14.4 Å². The number of fused-ring (bicyclic) bond motifs is 1. The maximum Gasteiger partial charge on any atom is 0.339 e. The van der Waals surface area contributed by atoms with Gasteiger partial charge in [-0.05, 0) is 25.0 Å². The van der Waals surface area contributed by atoms with E-state index in [-0.39, 0.29) is 11.8 Å². The zero-order valence-electron chi connectivity index (χ0n) is 15.4. The standard InChI is InChI=1S/C20H24N2O4/c1-13(2)18-12-16(15-6-4-5-7-17(15)21-18)20(24)26-14(3)19(23)22-8-10-25-11-9-22/h4-7,12-14H,8-11H2,1-3H3/t14-/m1/s1. The molecule has 0 bridgehead atoms. The summed E-state index contributed by atoms with van der Waals surface area (Å²) >= 11 is 0. The smallest absolute Gasteiger partial charge is 0.339 e. The van der Waals surface area contributed by atoms with Gasteiger partial charge in [0.2, 0.25) is 0 Å². The minimum atomic E-state index is -0.838. The fourth-order valence-electron chi connectivity index (χ4n) is 2.98. The third-order valence-corrected chi connectivity index (χ3v) is 4.50. The molecule has 1 saturated heterocycles. The quantitative estimate of drug-likeness (QED) is 0.788. The summed E-state index contributed by atoms with van der Waals surface area (Å²) < 4.78 is 10.8. The van der Waals surface area contributed by atoms with Crippen molar-refractivity contribution < 1.29 is 19.1 Å². The number of para-hydroxylation sites is 1. The van der Waals surface area contributed by atoms with Crippen LogP contribution >= 0.6 is 0 Å². The van der Waals surface area contributed by atoms with E-state index >= 15 is 0 Å². The molecule has 1 aliphatic heterocycles. The average Bonchev–Trinajstić information content (AvgIpc) is 2.66. The summed E-state index contributed by atoms with van der Waals surface area (Å²) in [6.45, 7) is 7.74. The number of hydrogen-bond donors (Lipinski definition) is 0. The third kappa shape index (κ3) is 3.85. The summed E-state index contributed by atoms with van der Waals surface area (Å²) in [4.78, 5) is 31.6. The Balaban J connectivity index is 1.83. The molecule has 1 aromatic carbocycles. The molecular formula is C20H24N2O4. The SMILES string of the molecule is CC(C)c1cc(C(=O)O[C@H](C)C(=O)N2CCOCC2)c2ccccc2n1. The van der Waals surface area contributed by atoms with Crippen molar-refractivity contribution in [1.82, 2.24) is 9.88 Å². The number of pyridine rings is 1. The van der Waals surface area contributed by atoms with Crippen molar-refractivity contribution in [2.24, 2.45) is 0 Å². The number of aromatic nitrogens is 1. The lowest BCUT2D eigenvalue weighted by Gasteiger charge is -2.29. The number of morpholine rings is 1. The van der Waals surface area contributed by atoms with Crippen molar-refractivity contribution in [3.63, 3.8) is 0 Å². The molecule has 2 aromatic rings. The Morgan fingerprint density at radius 1 is 1.15 bits per heavy atom. The molecule has 1 fully saturated rings. The number of amides is 1. The number of esters is 1. The van der Waals surface area contributed by atoms with Gasteiger partial charge in [0.05, 0.1) is 24.3 Å². The number of rotatable bonds is 4. The second-order valence-corrected chi connectivity index (χ2v) is 6.75. The molecule has 0 spiro atoms. The maximum absolute atomic E-state index is 12.8. The van der Waals surface area contributed by atoms with Gasteiger partial charge in [-0.25, -0.2) is 4.79 Å². The molecule has 3 rings (SSSR count). The molecule has 0 N–H and O–H groups in total. The van der Waals surface area contributed by atoms with Crippen LogP contribution in [0.5, 0.6) is 0 Å². The first-order chi connectivity index (χ1) is 12.5. The van der Waals surface area contributed by atoms with Gasteiger partial charge in [-0.3, -0.25) is 9.78 Å². The van der Waals surface area contributed by atoms with E-state index < -0.39 is 12.1 Å². The molecule has 0 radical (unpaired) electrons. The molecule has 6 heteroatoms. The van der Waals surface area contributed by atoms with E-state index in [1.807, 2.05) is 38.1 Å². The predicted molar refractivity (Wildman–Crippen MR) is 98.1 cm³/mol. The highest BCUT2D eigenvalue weighted by Crippen LogP contribution is 2.23. The first kappa shape index (κ1) is 18.3. The largest absolute Gasteiger partial charge is 0.449 e. The first-order valence-corrected chi connectivity index (χ1v) is 8.94. The normalized spacial score (nSPS) is 15.9. The van der Waals surface area contributed by atoms with Crippen LogP contribution in [0.15, 0.2) is 30.3 Å². The van der Waals surface area contributed by atoms with E-state index in [2.05, 4.69) is 4.98 Å². The van der Waals surface area contributed by atoms with Crippen LogP contribution in [0.25, 0.3) is 10.9 Å². The highest BCUT2D eigenvalue weighted by Gasteiger charge is 2.26. The highest BCUT2D eigenvalue weighted by molar-refractivity contribution is 6.04. The summed E-state index contributed by atoms with van der Waals surface area (Å²) in [7, 11) is 0. The fourth-order valence-corrected chi connectivity index (χ4v) is 2.98. The molecule has 2 heterocycles. The summed E-state index contributed by atoms with van der Waals surface area (Å²) in [5.74, 6) is -0.512. The van der Waals surface area contributed by atoms with Crippen LogP contribution in [-0.2, 0) is 14.3 Å². The minimum Gasteiger partial charge on any atom is -0.449 e. The zero-order chi connectivity index (χ0) is 18.7. The number of ether oxygens (including phenoxy) is 2. The van der Waals surface area contributed by atoms with Crippen molar-refractivity contribution in [2.45, 2.75) is 32.8 Å². The predicted octanol–water partition coefficient (Wildman–Crippen LogP) is 2.76. The summed E-state index contributed by atoms with van der Waals surface area (Å²) in [5, 5.41) is 0.730. The van der Waals surface area contributed by atoms with Gasteiger partial charge in [0.25, 0.3) is 5.91 Å². The number of carbonyl (C=O) groups excluding carboxylic acids is 2. The highest BCUT2D eigenvalue weighted by atomic mass is 16.5. The van der Waals surface area contributed by atoms with Crippen molar-refractivity contribution in [1.29, 1.82) is 0 Å². The minimum absolute atomic E-state index is 0.179. The maximum atomic E-state index is 12.8. The van der Waals surface area contributed by atoms with E-state index in [9.17, 15) is 9.59 Å². The molecule has 0 aliphatic carbocycles. The fraction of sp³-hybridized carbons (Fsp3) is 0.450. The third-order valence-electron chi connectivity index (χ3n) is 4.50. The van der Waals surface area contributed by atoms with Crippen LogP contribution in [0.1, 0.15) is 42.7 Å². The van der Waals surface area contributed by atoms with Gasteiger partial charge in [-0.2, -0.15) is 0 Å². The van der Waals surface area contributed by atoms with Gasteiger partial charge in [0, 0.05) is 24.2 Å². The van der Waals surface area contributed by atoms with Crippen LogP contribution in [-0.4, -0.2) is 54.2 Å². The molecule has 0 unspecified atom stereocenters. The van der Waals surface area contributed by atoms with Gasteiger partial charge >= 0.3 is 5.97 Å². The Morgan fingerprint density at radius 3 is 2.54 bits per heavy atom. The van der Waals surface area contributed by atoms with Crippen LogP contribution in [0.3, 0.4) is 0 Å². The lowest BCUT2D eigenvalue weighted by molar-refractivity contribution is -0.143. The van der Waals surface area contributed by atoms with Gasteiger partial charge in [-0.15, -0.1) is 0 Å². The molecule has 138 valence electrons. The second-order valence-electron chi connectivity index (χ2n) is 6.75. The molecule has 0 saturated carbocycles. The van der Waals surface area contributed by atoms with Crippen molar-refractivity contribution in [3.8, 4) is 0 Å². The van der Waals surface area contributed by atoms with Crippen LogP contribution < -0.4 is 0 Å². The van der Waals surface area contributed by atoms with Crippen molar-refractivity contribution in [3.05, 3.63) is 41.6 Å². The van der Waals surface area contributed by atoms with E-state index in [4.69, 9.17) is 9.47 Å². The monoisotopic (exact) mass is 356 g/mol. The molecule has 1 amide bonds. The lowest BCUT2D eigenvalue weighted by Crippen LogP contribution is -2.46. The van der Waals surface area contributed by atoms with Gasteiger partial charge in [0.15, 0.2) is 6.10 Å². The number of nitrogens with zero attached hydrogens (tertiary/aromatic N) is 2. The molecule has 1 aromatic heterocycles. The Labute approximate surface area is 153 Å². The number of benzene rings is 1. The first-order valence-electron chi connectivity index (χ1n) is 8.94. The van der Waals surface area contributed by atoms with Crippen LogP contribution in [0.2, 0.25) is 0 Å². The molecular weight excluding hydrogens is 332 g/mol. The average molecular weight is 356 g/mol. The van der Waals surface area contributed by atoms with E-state index in [0.717, 1.165) is 16.6 Å². The van der Waals surface area contributed by atoms with Gasteiger partial charge in [-0.1, -0.05) is 32.0 Å². The lowest BCUT2D eigenvalue weighted by atomic mass is 10.0. The van der Waals surface area contributed by atoms with Crippen LogP contribution in [0, 0.1) is 0 Å². The number of hydrogen-bond acceptors (Lipinski definition) is 5. The van der Waals surface area contributed by atoms with Crippen molar-refractivity contribution >= 4 is 22.8 Å². The second kappa shape index (κ2) is 7.83. The summed E-state index contributed by atoms with van der Waals surface area (Å²) in [6.07, 6.45) is -0.838. The summed E-state index contributed by atoms with van der Waals surface area (Å²) in [6, 6.07) is 9.23. The van der Waals surface area contributed by atoms with Crippen molar-refractivity contribution in [2.75, 3.05) is 26.3 Å². The Kier molecular flexibility index (Phi) is 5.52. The summed E-state index contributed by atoms with van der Waals surface area (Å²) in [5.41, 5.74) is 2.02. The van der Waals surface area contributed by atoms with Crippen LogP contribution in [0.4, 0.5) is 0 Å². The van der Waals surface area contributed by atoms with E-state index in [0.29, 0.717) is 31.9 Å².